The van der Waals surface area contributed by atoms with E-state index in [4.69, 9.17) is 9.40 Å². The van der Waals surface area contributed by atoms with Crippen LogP contribution in [0.15, 0.2) is 57.0 Å². The van der Waals surface area contributed by atoms with Crippen LogP contribution in [0.2, 0.25) is 0 Å². The molecule has 0 aliphatic heterocycles. The van der Waals surface area contributed by atoms with E-state index in [1.54, 1.807) is 22.2 Å². The molecule has 1 aliphatic rings. The zero-order chi connectivity index (χ0) is 22.8. The second kappa shape index (κ2) is 9.57. The summed E-state index contributed by atoms with van der Waals surface area (Å²) in [5, 5.41) is 4.21. The minimum absolute atomic E-state index is 0.0473. The van der Waals surface area contributed by atoms with E-state index >= 15 is 0 Å². The molecule has 0 fully saturated rings. The van der Waals surface area contributed by atoms with E-state index in [1.807, 2.05) is 36.4 Å². The number of amides is 1. The fourth-order valence-electron chi connectivity index (χ4n) is 4.18. The fourth-order valence-corrected chi connectivity index (χ4v) is 6.28. The molecule has 8 heteroatoms. The van der Waals surface area contributed by atoms with Gasteiger partial charge in [0.1, 0.15) is 10.6 Å². The Morgan fingerprint density at radius 2 is 2.03 bits per heavy atom. The monoisotopic (exact) mass is 479 g/mol. The van der Waals surface area contributed by atoms with Crippen molar-refractivity contribution in [1.82, 2.24) is 9.55 Å². The first-order valence-corrected chi connectivity index (χ1v) is 13.0. The Hall–Kier alpha value is -2.84. The van der Waals surface area contributed by atoms with Crippen LogP contribution in [0.4, 0.5) is 5.69 Å². The minimum atomic E-state index is -0.131. The number of fused-ring (bicyclic) bond motifs is 3. The Kier molecular flexibility index (Phi) is 6.37. The van der Waals surface area contributed by atoms with Gasteiger partial charge in [-0.3, -0.25) is 14.2 Å². The highest BCUT2D eigenvalue weighted by molar-refractivity contribution is 7.99. The van der Waals surface area contributed by atoms with Crippen molar-refractivity contribution in [2.45, 2.75) is 50.7 Å². The molecule has 1 aliphatic carbocycles. The molecular formula is C25H25N3O3S2. The normalized spacial score (nSPS) is 13.2. The molecule has 3 heterocycles. The van der Waals surface area contributed by atoms with Crippen molar-refractivity contribution in [2.24, 2.45) is 0 Å². The van der Waals surface area contributed by atoms with Gasteiger partial charge in [0, 0.05) is 10.6 Å². The predicted molar refractivity (Wildman–Crippen MR) is 134 cm³/mol. The molecule has 1 amide bonds. The molecule has 6 nitrogen and oxygen atoms in total. The first kappa shape index (κ1) is 22.0. The average molecular weight is 480 g/mol. The molecule has 0 atom stereocenters. The first-order valence-electron chi connectivity index (χ1n) is 11.2. The van der Waals surface area contributed by atoms with Crippen molar-refractivity contribution < 1.29 is 9.21 Å². The lowest BCUT2D eigenvalue weighted by Crippen LogP contribution is -2.25. The Balaban J connectivity index is 1.43. The SMILES string of the molecule is CCc1ccc(NC(=O)CSc2nc3sc4c(c3c(=O)n2Cc2ccco2)CCCC4)cc1. The highest BCUT2D eigenvalue weighted by atomic mass is 32.2. The van der Waals surface area contributed by atoms with Crippen LogP contribution in [0.5, 0.6) is 0 Å². The van der Waals surface area contributed by atoms with Crippen LogP contribution in [-0.4, -0.2) is 21.2 Å². The summed E-state index contributed by atoms with van der Waals surface area (Å²) in [6.45, 7) is 2.39. The van der Waals surface area contributed by atoms with Gasteiger partial charge in [-0.25, -0.2) is 4.98 Å². The van der Waals surface area contributed by atoms with Crippen LogP contribution < -0.4 is 10.9 Å². The Morgan fingerprint density at radius 3 is 2.79 bits per heavy atom. The zero-order valence-corrected chi connectivity index (χ0v) is 20.1. The molecule has 1 aromatic carbocycles. The van der Waals surface area contributed by atoms with Crippen LogP contribution in [0, 0.1) is 0 Å². The molecule has 170 valence electrons. The van der Waals surface area contributed by atoms with Crippen molar-refractivity contribution in [3.05, 3.63) is 74.8 Å². The molecule has 0 spiro atoms. The highest BCUT2D eigenvalue weighted by Crippen LogP contribution is 2.34. The third-order valence-electron chi connectivity index (χ3n) is 5.91. The molecule has 3 aromatic heterocycles. The number of hydrogen-bond donors (Lipinski definition) is 1. The molecular weight excluding hydrogens is 454 g/mol. The highest BCUT2D eigenvalue weighted by Gasteiger charge is 2.23. The number of nitrogens with zero attached hydrogens (tertiary/aromatic N) is 2. The first-order chi connectivity index (χ1) is 16.1. The standard InChI is InChI=1S/C25H25N3O3S2/c1-2-16-9-11-17(12-10-16)26-21(29)15-32-25-27-23-22(19-7-3-4-8-20(19)33-23)24(30)28(25)14-18-6-5-13-31-18/h5-6,9-13H,2-4,7-8,14-15H2,1H3,(H,26,29). The second-order valence-corrected chi connectivity index (χ2v) is 10.2. The molecule has 0 saturated heterocycles. The van der Waals surface area contributed by atoms with Crippen LogP contribution in [0.25, 0.3) is 10.2 Å². The van der Waals surface area contributed by atoms with E-state index in [-0.39, 0.29) is 17.2 Å². The van der Waals surface area contributed by atoms with Crippen LogP contribution in [-0.2, 0) is 30.6 Å². The fraction of sp³-hybridized carbons (Fsp3) is 0.320. The summed E-state index contributed by atoms with van der Waals surface area (Å²) >= 11 is 2.91. The number of carbonyl (C=O) groups excluding carboxylic acids is 1. The Labute approximate surface area is 200 Å². The molecule has 0 saturated carbocycles. The molecule has 5 rings (SSSR count). The lowest BCUT2D eigenvalue weighted by atomic mass is 9.97. The van der Waals surface area contributed by atoms with Gasteiger partial charge in [0.15, 0.2) is 5.16 Å². The van der Waals surface area contributed by atoms with E-state index in [1.165, 1.54) is 22.2 Å². The summed E-state index contributed by atoms with van der Waals surface area (Å²) in [5.41, 5.74) is 3.10. The molecule has 33 heavy (non-hydrogen) atoms. The summed E-state index contributed by atoms with van der Waals surface area (Å²) in [6, 6.07) is 11.5. The lowest BCUT2D eigenvalue weighted by Gasteiger charge is -2.13. The van der Waals surface area contributed by atoms with Gasteiger partial charge in [-0.15, -0.1) is 11.3 Å². The molecule has 4 aromatic rings. The predicted octanol–water partition coefficient (Wildman–Crippen LogP) is 5.27. The van der Waals surface area contributed by atoms with Crippen LogP contribution in [0.1, 0.15) is 41.5 Å². The number of furan rings is 1. The maximum atomic E-state index is 13.6. The molecule has 0 unspecified atom stereocenters. The smallest absolute Gasteiger partial charge is 0.263 e. The number of benzene rings is 1. The van der Waals surface area contributed by atoms with Crippen molar-refractivity contribution in [1.29, 1.82) is 0 Å². The van der Waals surface area contributed by atoms with Gasteiger partial charge >= 0.3 is 0 Å². The largest absolute Gasteiger partial charge is 0.467 e. The quantitative estimate of drug-likeness (QED) is 0.289. The number of thioether (sulfide) groups is 1. The summed E-state index contributed by atoms with van der Waals surface area (Å²) < 4.78 is 7.15. The van der Waals surface area contributed by atoms with Crippen molar-refractivity contribution in [3.8, 4) is 0 Å². The zero-order valence-electron chi connectivity index (χ0n) is 18.4. The number of nitrogens with one attached hydrogen (secondary N) is 1. The summed E-state index contributed by atoms with van der Waals surface area (Å²) in [6.07, 6.45) is 6.75. The number of hydrogen-bond acceptors (Lipinski definition) is 6. The minimum Gasteiger partial charge on any atom is -0.467 e. The van der Waals surface area contributed by atoms with Crippen LogP contribution >= 0.6 is 23.1 Å². The van der Waals surface area contributed by atoms with Gasteiger partial charge in [-0.2, -0.15) is 0 Å². The third kappa shape index (κ3) is 4.63. The van der Waals surface area contributed by atoms with Gasteiger partial charge < -0.3 is 9.73 Å². The summed E-state index contributed by atoms with van der Waals surface area (Å²) in [4.78, 5) is 33.1. The lowest BCUT2D eigenvalue weighted by molar-refractivity contribution is -0.113. The van der Waals surface area contributed by atoms with Gasteiger partial charge in [0.2, 0.25) is 5.91 Å². The topological polar surface area (TPSA) is 77.1 Å². The summed E-state index contributed by atoms with van der Waals surface area (Å²) in [5.74, 6) is 0.717. The van der Waals surface area contributed by atoms with E-state index in [2.05, 4.69) is 12.2 Å². The van der Waals surface area contributed by atoms with Gasteiger partial charge in [0.05, 0.1) is 23.9 Å². The Bertz CT molecular complexity index is 1340. The maximum Gasteiger partial charge on any atom is 0.263 e. The Morgan fingerprint density at radius 1 is 1.21 bits per heavy atom. The maximum absolute atomic E-state index is 13.6. The number of carbonyl (C=O) groups is 1. The van der Waals surface area contributed by atoms with E-state index in [0.717, 1.165) is 53.6 Å². The van der Waals surface area contributed by atoms with Crippen molar-refractivity contribution >= 4 is 44.9 Å². The number of anilines is 1. The number of thiophene rings is 1. The van der Waals surface area contributed by atoms with E-state index in [0.29, 0.717) is 17.5 Å². The number of aromatic nitrogens is 2. The molecule has 1 N–H and O–H groups in total. The molecule has 0 radical (unpaired) electrons. The van der Waals surface area contributed by atoms with Gasteiger partial charge in [0.25, 0.3) is 5.56 Å². The van der Waals surface area contributed by atoms with Gasteiger partial charge in [-0.1, -0.05) is 30.8 Å². The van der Waals surface area contributed by atoms with Gasteiger partial charge in [-0.05, 0) is 67.5 Å². The van der Waals surface area contributed by atoms with Crippen molar-refractivity contribution in [3.63, 3.8) is 0 Å². The number of rotatable bonds is 7. The second-order valence-electron chi connectivity index (χ2n) is 8.14. The third-order valence-corrected chi connectivity index (χ3v) is 8.07. The average Bonchev–Trinajstić information content (AvgIpc) is 3.47. The van der Waals surface area contributed by atoms with E-state index in [9.17, 15) is 9.59 Å². The number of aryl methyl sites for hydroxylation is 3. The van der Waals surface area contributed by atoms with Crippen LogP contribution in [0.3, 0.4) is 0 Å². The summed E-state index contributed by atoms with van der Waals surface area (Å²) in [7, 11) is 0. The molecule has 0 bridgehead atoms. The van der Waals surface area contributed by atoms with Crippen molar-refractivity contribution in [2.75, 3.05) is 11.1 Å². The van der Waals surface area contributed by atoms with E-state index < -0.39 is 0 Å².